The molecule has 0 saturated carbocycles. The topological polar surface area (TPSA) is 102 Å². The summed E-state index contributed by atoms with van der Waals surface area (Å²) in [5.41, 5.74) is -0.447. The van der Waals surface area contributed by atoms with Gasteiger partial charge in [0.25, 0.3) is 15.9 Å². The number of hydrogen-bond donors (Lipinski definition) is 1. The van der Waals surface area contributed by atoms with Crippen LogP contribution in [0.15, 0.2) is 29.2 Å². The van der Waals surface area contributed by atoms with Gasteiger partial charge in [-0.05, 0) is 45.9 Å². The van der Waals surface area contributed by atoms with Crippen molar-refractivity contribution in [1.82, 2.24) is 9.79 Å². The highest BCUT2D eigenvalue weighted by Crippen LogP contribution is 2.17. The Hall–Kier alpha value is -1.97. The van der Waals surface area contributed by atoms with Crippen molar-refractivity contribution in [2.45, 2.75) is 44.2 Å². The van der Waals surface area contributed by atoms with Gasteiger partial charge in [-0.1, -0.05) is 10.5 Å². The summed E-state index contributed by atoms with van der Waals surface area (Å²) in [6.45, 7) is 6.86. The van der Waals surface area contributed by atoms with Crippen LogP contribution in [-0.2, 0) is 24.4 Å². The molecule has 1 N–H and O–H groups in total. The fourth-order valence-corrected chi connectivity index (χ4v) is 2.80. The number of hydrogen-bond acceptors (Lipinski definition) is 6. The maximum absolute atomic E-state index is 12.2. The molecule has 0 aliphatic rings. The lowest BCUT2D eigenvalue weighted by Gasteiger charge is -2.23. The third-order valence-electron chi connectivity index (χ3n) is 3.11. The molecule has 0 heterocycles. The molecule has 140 valence electrons. The zero-order valence-electron chi connectivity index (χ0n) is 15.2. The first-order valence-electron chi connectivity index (χ1n) is 7.54. The molecule has 0 aromatic heterocycles. The van der Waals surface area contributed by atoms with Gasteiger partial charge >= 0.3 is 5.97 Å². The molecular weight excluding hydrogens is 348 g/mol. The molecule has 0 saturated heterocycles. The van der Waals surface area contributed by atoms with Gasteiger partial charge in [-0.3, -0.25) is 9.63 Å². The largest absolute Gasteiger partial charge is 0.449 e. The van der Waals surface area contributed by atoms with Crippen LogP contribution in [0.25, 0.3) is 0 Å². The standard InChI is InChI=1S/C16H24N2O6S/c1-11(14(19)17-16(2,3)4)24-15(20)12-8-7-9-13(10-12)25(21,22)18(5)23-6/h7-11H,1-6H3,(H,17,19). The predicted octanol–water partition coefficient (Wildman–Crippen LogP) is 1.33. The zero-order chi connectivity index (χ0) is 19.4. The predicted molar refractivity (Wildman–Crippen MR) is 91.2 cm³/mol. The Labute approximate surface area is 148 Å². The summed E-state index contributed by atoms with van der Waals surface area (Å²) in [7, 11) is -1.44. The average Bonchev–Trinajstić information content (AvgIpc) is 2.52. The first-order chi connectivity index (χ1) is 11.4. The number of ether oxygens (including phenoxy) is 1. The third kappa shape index (κ3) is 5.80. The molecule has 1 aromatic rings. The van der Waals surface area contributed by atoms with Crippen LogP contribution in [0.5, 0.6) is 0 Å². The molecule has 0 radical (unpaired) electrons. The number of rotatable bonds is 6. The summed E-state index contributed by atoms with van der Waals surface area (Å²) in [5, 5.41) is 2.70. The molecule has 0 aliphatic carbocycles. The zero-order valence-corrected chi connectivity index (χ0v) is 16.0. The summed E-state index contributed by atoms with van der Waals surface area (Å²) >= 11 is 0. The van der Waals surface area contributed by atoms with Gasteiger partial charge in [0.05, 0.1) is 17.6 Å². The smallest absolute Gasteiger partial charge is 0.338 e. The van der Waals surface area contributed by atoms with Gasteiger partial charge in [-0.15, -0.1) is 0 Å². The van der Waals surface area contributed by atoms with Crippen LogP contribution in [0.1, 0.15) is 38.1 Å². The van der Waals surface area contributed by atoms with E-state index in [1.807, 2.05) is 0 Å². The van der Waals surface area contributed by atoms with Crippen molar-refractivity contribution in [3.63, 3.8) is 0 Å². The Morgan fingerprint density at radius 2 is 1.84 bits per heavy atom. The maximum Gasteiger partial charge on any atom is 0.338 e. The van der Waals surface area contributed by atoms with Crippen molar-refractivity contribution in [2.75, 3.05) is 14.2 Å². The molecule has 25 heavy (non-hydrogen) atoms. The molecular formula is C16H24N2O6S. The lowest BCUT2D eigenvalue weighted by molar-refractivity contribution is -0.130. The first-order valence-corrected chi connectivity index (χ1v) is 8.98. The molecule has 8 nitrogen and oxygen atoms in total. The van der Waals surface area contributed by atoms with Crippen molar-refractivity contribution in [1.29, 1.82) is 0 Å². The van der Waals surface area contributed by atoms with Crippen molar-refractivity contribution in [3.05, 3.63) is 29.8 Å². The molecule has 1 unspecified atom stereocenters. The van der Waals surface area contributed by atoms with Crippen LogP contribution < -0.4 is 5.32 Å². The van der Waals surface area contributed by atoms with Gasteiger partial charge in [-0.25, -0.2) is 13.2 Å². The Morgan fingerprint density at radius 3 is 2.36 bits per heavy atom. The maximum atomic E-state index is 12.2. The minimum Gasteiger partial charge on any atom is -0.449 e. The van der Waals surface area contributed by atoms with E-state index in [2.05, 4.69) is 10.2 Å². The third-order valence-corrected chi connectivity index (χ3v) is 4.79. The molecule has 1 amide bonds. The van der Waals surface area contributed by atoms with Gasteiger partial charge < -0.3 is 10.1 Å². The minimum absolute atomic E-state index is 0.0148. The van der Waals surface area contributed by atoms with E-state index in [0.717, 1.165) is 0 Å². The van der Waals surface area contributed by atoms with Gasteiger partial charge in [0.2, 0.25) is 0 Å². The Morgan fingerprint density at radius 1 is 1.24 bits per heavy atom. The molecule has 9 heteroatoms. The van der Waals surface area contributed by atoms with Gasteiger partial charge in [0, 0.05) is 12.6 Å². The molecule has 1 rings (SSSR count). The number of benzene rings is 1. The highest BCUT2D eigenvalue weighted by Gasteiger charge is 2.25. The van der Waals surface area contributed by atoms with Crippen molar-refractivity contribution in [3.8, 4) is 0 Å². The number of nitrogens with one attached hydrogen (secondary N) is 1. The monoisotopic (exact) mass is 372 g/mol. The van der Waals surface area contributed by atoms with E-state index in [1.54, 1.807) is 20.8 Å². The van der Waals surface area contributed by atoms with Crippen molar-refractivity contribution < 1.29 is 27.6 Å². The average molecular weight is 372 g/mol. The number of esters is 1. The van der Waals surface area contributed by atoms with E-state index in [1.165, 1.54) is 45.3 Å². The van der Waals surface area contributed by atoms with E-state index < -0.39 is 33.5 Å². The van der Waals surface area contributed by atoms with E-state index in [9.17, 15) is 18.0 Å². The molecule has 0 fully saturated rings. The second kappa shape index (κ2) is 7.94. The highest BCUT2D eigenvalue weighted by molar-refractivity contribution is 7.89. The molecule has 1 atom stereocenters. The Kier molecular flexibility index (Phi) is 6.69. The number of amides is 1. The van der Waals surface area contributed by atoms with Gasteiger partial charge in [-0.2, -0.15) is 0 Å². The van der Waals surface area contributed by atoms with Crippen LogP contribution in [0.2, 0.25) is 0 Å². The fourth-order valence-electron chi connectivity index (χ4n) is 1.78. The van der Waals surface area contributed by atoms with Gasteiger partial charge in [0.1, 0.15) is 0 Å². The SMILES string of the molecule is CON(C)S(=O)(=O)c1cccc(C(=O)OC(C)C(=O)NC(C)(C)C)c1. The number of nitrogens with zero attached hydrogens (tertiary/aromatic N) is 1. The quantitative estimate of drug-likeness (QED) is 0.597. The van der Waals surface area contributed by atoms with Crippen LogP contribution in [0.4, 0.5) is 0 Å². The van der Waals surface area contributed by atoms with E-state index in [-0.39, 0.29) is 10.5 Å². The molecule has 1 aromatic carbocycles. The summed E-state index contributed by atoms with van der Waals surface area (Å²) in [5.74, 6) is -1.24. The van der Waals surface area contributed by atoms with Gasteiger partial charge in [0.15, 0.2) is 6.10 Å². The summed E-state index contributed by atoms with van der Waals surface area (Å²) in [6, 6.07) is 5.31. The normalized spacial score (nSPS) is 13.4. The molecule has 0 aliphatic heterocycles. The van der Waals surface area contributed by atoms with Crippen LogP contribution in [0.3, 0.4) is 0 Å². The number of carbonyl (C=O) groups is 2. The minimum atomic E-state index is -3.89. The molecule has 0 spiro atoms. The number of carbonyl (C=O) groups excluding carboxylic acids is 2. The summed E-state index contributed by atoms with van der Waals surface area (Å²) in [4.78, 5) is 28.7. The number of sulfonamides is 1. The first kappa shape index (κ1) is 21.1. The van der Waals surface area contributed by atoms with Crippen LogP contribution in [0, 0.1) is 0 Å². The number of hydroxylamine groups is 1. The second-order valence-electron chi connectivity index (χ2n) is 6.41. The van der Waals surface area contributed by atoms with E-state index in [0.29, 0.717) is 4.47 Å². The fraction of sp³-hybridized carbons (Fsp3) is 0.500. The van der Waals surface area contributed by atoms with E-state index >= 15 is 0 Å². The summed E-state index contributed by atoms with van der Waals surface area (Å²) in [6.07, 6.45) is -1.02. The Balaban J connectivity index is 2.94. The Bertz CT molecular complexity index is 739. The van der Waals surface area contributed by atoms with Crippen molar-refractivity contribution in [2.24, 2.45) is 0 Å². The second-order valence-corrected chi connectivity index (χ2v) is 8.35. The molecule has 0 bridgehead atoms. The van der Waals surface area contributed by atoms with E-state index in [4.69, 9.17) is 4.74 Å². The summed E-state index contributed by atoms with van der Waals surface area (Å²) < 4.78 is 30.2. The lowest BCUT2D eigenvalue weighted by Crippen LogP contribution is -2.46. The van der Waals surface area contributed by atoms with Crippen LogP contribution in [-0.4, -0.2) is 50.6 Å². The highest BCUT2D eigenvalue weighted by atomic mass is 32.2. The lowest BCUT2D eigenvalue weighted by atomic mass is 10.1. The van der Waals surface area contributed by atoms with Crippen LogP contribution >= 0.6 is 0 Å². The van der Waals surface area contributed by atoms with Crippen molar-refractivity contribution >= 4 is 21.9 Å².